The van der Waals surface area contributed by atoms with E-state index in [0.717, 1.165) is 10.0 Å². The number of hydrogen-bond donors (Lipinski definition) is 3. The van der Waals surface area contributed by atoms with Gasteiger partial charge in [-0.2, -0.15) is 0 Å². The molecule has 1 aromatic carbocycles. The van der Waals surface area contributed by atoms with Crippen LogP contribution in [0.5, 0.6) is 0 Å². The van der Waals surface area contributed by atoms with Gasteiger partial charge < -0.3 is 16.3 Å². The van der Waals surface area contributed by atoms with Crippen LogP contribution in [-0.4, -0.2) is 23.0 Å². The maximum Gasteiger partial charge on any atom is 0.251 e. The number of oxime groups is 1. The first kappa shape index (κ1) is 13.5. The molecule has 6 heteroatoms. The van der Waals surface area contributed by atoms with Crippen molar-refractivity contribution in [2.45, 2.75) is 19.9 Å². The molecule has 17 heavy (non-hydrogen) atoms. The van der Waals surface area contributed by atoms with Crippen molar-refractivity contribution in [2.24, 2.45) is 10.9 Å². The number of nitrogens with two attached hydrogens (primary N) is 1. The summed E-state index contributed by atoms with van der Waals surface area (Å²) in [5.74, 6) is -0.299. The highest BCUT2D eigenvalue weighted by atomic mass is 79.9. The van der Waals surface area contributed by atoms with E-state index in [-0.39, 0.29) is 11.7 Å². The van der Waals surface area contributed by atoms with E-state index in [9.17, 15) is 4.79 Å². The molecule has 0 heterocycles. The first-order valence-corrected chi connectivity index (χ1v) is 5.79. The van der Waals surface area contributed by atoms with E-state index < -0.39 is 6.04 Å². The number of carbonyl (C=O) groups is 1. The van der Waals surface area contributed by atoms with E-state index >= 15 is 0 Å². The first-order chi connectivity index (χ1) is 7.95. The fourth-order valence-electron chi connectivity index (χ4n) is 1.23. The molecular weight excluding hydrogens is 286 g/mol. The highest BCUT2D eigenvalue weighted by Gasteiger charge is 2.13. The van der Waals surface area contributed by atoms with E-state index in [4.69, 9.17) is 10.9 Å². The lowest BCUT2D eigenvalue weighted by atomic mass is 10.1. The Morgan fingerprint density at radius 1 is 1.59 bits per heavy atom. The van der Waals surface area contributed by atoms with Crippen molar-refractivity contribution >= 4 is 27.7 Å². The largest absolute Gasteiger partial charge is 0.409 e. The van der Waals surface area contributed by atoms with Gasteiger partial charge in [-0.25, -0.2) is 0 Å². The Balaban J connectivity index is 2.80. The van der Waals surface area contributed by atoms with Crippen LogP contribution in [0, 0.1) is 6.92 Å². The normalized spacial score (nSPS) is 13.2. The summed E-state index contributed by atoms with van der Waals surface area (Å²) in [7, 11) is 0. The number of hydrogen-bond acceptors (Lipinski definition) is 3. The van der Waals surface area contributed by atoms with Crippen molar-refractivity contribution in [1.29, 1.82) is 0 Å². The van der Waals surface area contributed by atoms with Crippen LogP contribution < -0.4 is 11.1 Å². The van der Waals surface area contributed by atoms with Crippen LogP contribution in [-0.2, 0) is 0 Å². The van der Waals surface area contributed by atoms with Crippen LogP contribution in [0.4, 0.5) is 0 Å². The predicted octanol–water partition coefficient (Wildman–Crippen LogP) is 1.62. The molecular formula is C11H14BrN3O2. The van der Waals surface area contributed by atoms with Gasteiger partial charge in [-0.15, -0.1) is 0 Å². The highest BCUT2D eigenvalue weighted by Crippen LogP contribution is 2.17. The molecule has 1 aromatic rings. The number of nitrogens with zero attached hydrogens (tertiary/aromatic N) is 1. The van der Waals surface area contributed by atoms with Crippen LogP contribution in [0.2, 0.25) is 0 Å². The summed E-state index contributed by atoms with van der Waals surface area (Å²) >= 11 is 3.36. The van der Waals surface area contributed by atoms with Gasteiger partial charge in [-0.05, 0) is 37.6 Å². The predicted molar refractivity (Wildman–Crippen MR) is 69.2 cm³/mol. The van der Waals surface area contributed by atoms with Crippen molar-refractivity contribution in [1.82, 2.24) is 5.32 Å². The van der Waals surface area contributed by atoms with Crippen LogP contribution >= 0.6 is 15.9 Å². The number of nitrogens with one attached hydrogen (secondary N) is 1. The maximum absolute atomic E-state index is 11.8. The monoisotopic (exact) mass is 299 g/mol. The van der Waals surface area contributed by atoms with Gasteiger partial charge in [-0.3, -0.25) is 4.79 Å². The molecule has 92 valence electrons. The molecule has 0 saturated heterocycles. The van der Waals surface area contributed by atoms with Crippen LogP contribution in [0.25, 0.3) is 0 Å². The molecule has 0 aliphatic heterocycles. The minimum absolute atomic E-state index is 0.0350. The molecule has 1 atom stereocenters. The second-order valence-electron chi connectivity index (χ2n) is 3.68. The molecule has 1 unspecified atom stereocenters. The summed E-state index contributed by atoms with van der Waals surface area (Å²) in [5.41, 5.74) is 6.87. The minimum atomic E-state index is -0.517. The molecule has 0 radical (unpaired) electrons. The average Bonchev–Trinajstić information content (AvgIpc) is 2.31. The van der Waals surface area contributed by atoms with Crippen LogP contribution in [0.1, 0.15) is 22.8 Å². The smallest absolute Gasteiger partial charge is 0.251 e. The van der Waals surface area contributed by atoms with Gasteiger partial charge in [-0.1, -0.05) is 21.1 Å². The zero-order valence-electron chi connectivity index (χ0n) is 9.57. The highest BCUT2D eigenvalue weighted by molar-refractivity contribution is 9.10. The lowest BCUT2D eigenvalue weighted by Gasteiger charge is -2.12. The van der Waals surface area contributed by atoms with E-state index in [2.05, 4.69) is 26.4 Å². The van der Waals surface area contributed by atoms with E-state index in [0.29, 0.717) is 5.56 Å². The molecule has 0 aliphatic carbocycles. The van der Waals surface area contributed by atoms with Crippen molar-refractivity contribution in [3.63, 3.8) is 0 Å². The average molecular weight is 300 g/mol. The fraction of sp³-hybridized carbons (Fsp3) is 0.273. The second kappa shape index (κ2) is 5.67. The molecule has 1 amide bonds. The summed E-state index contributed by atoms with van der Waals surface area (Å²) in [5, 5.41) is 13.9. The Hall–Kier alpha value is -1.56. The molecule has 0 saturated carbocycles. The van der Waals surface area contributed by atoms with Gasteiger partial charge in [0.25, 0.3) is 5.91 Å². The van der Waals surface area contributed by atoms with Crippen molar-refractivity contribution in [3.05, 3.63) is 33.8 Å². The zero-order valence-corrected chi connectivity index (χ0v) is 11.2. The van der Waals surface area contributed by atoms with Crippen LogP contribution in [0.3, 0.4) is 0 Å². The Bertz CT molecular complexity index is 460. The number of amidine groups is 1. The van der Waals surface area contributed by atoms with Gasteiger partial charge >= 0.3 is 0 Å². The topological polar surface area (TPSA) is 87.7 Å². The Morgan fingerprint density at radius 3 is 2.76 bits per heavy atom. The number of halogens is 1. The molecule has 0 aliphatic rings. The standard InChI is InChI=1S/C11H14BrN3O2/c1-6-5-8(3-4-9(6)12)11(16)14-7(2)10(13)15-17/h3-5,7,17H,1-2H3,(H2,13,15)(H,14,16). The SMILES string of the molecule is Cc1cc(C(=O)NC(C)/C(N)=N/O)ccc1Br. The Kier molecular flexibility index (Phi) is 4.51. The summed E-state index contributed by atoms with van der Waals surface area (Å²) in [6, 6.07) is 4.75. The lowest BCUT2D eigenvalue weighted by molar-refractivity contribution is 0.0948. The molecule has 0 spiro atoms. The van der Waals surface area contributed by atoms with Gasteiger partial charge in [0.2, 0.25) is 0 Å². The van der Waals surface area contributed by atoms with Gasteiger partial charge in [0, 0.05) is 10.0 Å². The number of amides is 1. The van der Waals surface area contributed by atoms with Gasteiger partial charge in [0.1, 0.15) is 0 Å². The van der Waals surface area contributed by atoms with E-state index in [1.165, 1.54) is 0 Å². The molecule has 1 rings (SSSR count). The molecule has 5 nitrogen and oxygen atoms in total. The summed E-state index contributed by atoms with van der Waals surface area (Å²) in [4.78, 5) is 11.8. The third kappa shape index (κ3) is 3.45. The fourth-order valence-corrected chi connectivity index (χ4v) is 1.47. The number of carbonyl (C=O) groups excluding carboxylic acids is 1. The number of benzene rings is 1. The minimum Gasteiger partial charge on any atom is -0.409 e. The number of aryl methyl sites for hydroxylation is 1. The maximum atomic E-state index is 11.8. The molecule has 4 N–H and O–H groups in total. The zero-order chi connectivity index (χ0) is 13.0. The summed E-state index contributed by atoms with van der Waals surface area (Å²) in [6.45, 7) is 3.53. The molecule has 0 fully saturated rings. The van der Waals surface area contributed by atoms with Crippen molar-refractivity contribution < 1.29 is 10.0 Å². The summed E-state index contributed by atoms with van der Waals surface area (Å²) < 4.78 is 0.943. The quantitative estimate of drug-likeness (QED) is 0.343. The molecule has 0 bridgehead atoms. The first-order valence-electron chi connectivity index (χ1n) is 5.00. The van der Waals surface area contributed by atoms with Crippen LogP contribution in [0.15, 0.2) is 27.8 Å². The third-order valence-electron chi connectivity index (χ3n) is 2.33. The number of rotatable bonds is 3. The van der Waals surface area contributed by atoms with E-state index in [1.807, 2.05) is 6.92 Å². The van der Waals surface area contributed by atoms with Gasteiger partial charge in [0.15, 0.2) is 5.84 Å². The Morgan fingerprint density at radius 2 is 2.24 bits per heavy atom. The molecule has 0 aromatic heterocycles. The van der Waals surface area contributed by atoms with Crippen molar-refractivity contribution in [3.8, 4) is 0 Å². The third-order valence-corrected chi connectivity index (χ3v) is 3.22. The van der Waals surface area contributed by atoms with Crippen molar-refractivity contribution in [2.75, 3.05) is 0 Å². The Labute approximate surface area is 108 Å². The summed E-state index contributed by atoms with van der Waals surface area (Å²) in [6.07, 6.45) is 0. The second-order valence-corrected chi connectivity index (χ2v) is 4.54. The van der Waals surface area contributed by atoms with Gasteiger partial charge in [0.05, 0.1) is 6.04 Å². The lowest BCUT2D eigenvalue weighted by Crippen LogP contribution is -2.42. The van der Waals surface area contributed by atoms with E-state index in [1.54, 1.807) is 25.1 Å².